The van der Waals surface area contributed by atoms with Gasteiger partial charge < -0.3 is 14.4 Å². The number of nitrogens with zero attached hydrogens (tertiary/aromatic N) is 1. The van der Waals surface area contributed by atoms with Crippen molar-refractivity contribution in [2.24, 2.45) is 0 Å². The minimum absolute atomic E-state index is 0.121. The minimum atomic E-state index is -4.85. The van der Waals surface area contributed by atoms with E-state index in [0.717, 1.165) is 6.07 Å². The second kappa shape index (κ2) is 6.23. The molecule has 0 saturated carbocycles. The lowest BCUT2D eigenvalue weighted by Crippen LogP contribution is -2.44. The van der Waals surface area contributed by atoms with Gasteiger partial charge in [0.15, 0.2) is 0 Å². The fourth-order valence-corrected chi connectivity index (χ4v) is 2.40. The SMILES string of the molecule is C[C@@H]1CN(C(=O)c2ccc(Br)cc2OC(F)(F)F)CCO1. The molecule has 21 heavy (non-hydrogen) atoms. The van der Waals surface area contributed by atoms with E-state index in [0.29, 0.717) is 24.2 Å². The molecule has 1 heterocycles. The summed E-state index contributed by atoms with van der Waals surface area (Å²) in [5.41, 5.74) is -0.121. The predicted octanol–water partition coefficient (Wildman–Crippen LogP) is 3.21. The van der Waals surface area contributed by atoms with E-state index >= 15 is 0 Å². The minimum Gasteiger partial charge on any atom is -0.405 e. The highest BCUT2D eigenvalue weighted by Crippen LogP contribution is 2.30. The number of morpholine rings is 1. The van der Waals surface area contributed by atoms with Crippen LogP contribution in [0.3, 0.4) is 0 Å². The molecule has 0 N–H and O–H groups in total. The van der Waals surface area contributed by atoms with Crippen molar-refractivity contribution < 1.29 is 27.4 Å². The third kappa shape index (κ3) is 4.34. The Hall–Kier alpha value is -1.28. The summed E-state index contributed by atoms with van der Waals surface area (Å²) < 4.78 is 47.0. The van der Waals surface area contributed by atoms with Crippen molar-refractivity contribution in [2.75, 3.05) is 19.7 Å². The van der Waals surface area contributed by atoms with Crippen LogP contribution in [-0.2, 0) is 4.74 Å². The summed E-state index contributed by atoms with van der Waals surface area (Å²) in [6.07, 6.45) is -5.00. The first-order chi connectivity index (χ1) is 9.76. The van der Waals surface area contributed by atoms with Gasteiger partial charge in [-0.25, -0.2) is 0 Å². The van der Waals surface area contributed by atoms with Gasteiger partial charge in [-0.2, -0.15) is 0 Å². The van der Waals surface area contributed by atoms with Crippen LogP contribution in [0.5, 0.6) is 5.75 Å². The van der Waals surface area contributed by atoms with Crippen LogP contribution in [0.2, 0.25) is 0 Å². The third-order valence-corrected chi connectivity index (χ3v) is 3.42. The Morgan fingerprint density at radius 2 is 2.19 bits per heavy atom. The van der Waals surface area contributed by atoms with Crippen LogP contribution in [0.1, 0.15) is 17.3 Å². The van der Waals surface area contributed by atoms with Gasteiger partial charge in [-0.3, -0.25) is 4.79 Å². The van der Waals surface area contributed by atoms with E-state index in [-0.39, 0.29) is 11.7 Å². The van der Waals surface area contributed by atoms with Gasteiger partial charge in [0.1, 0.15) is 5.75 Å². The van der Waals surface area contributed by atoms with Crippen molar-refractivity contribution >= 4 is 21.8 Å². The molecule has 4 nitrogen and oxygen atoms in total. The molecule has 1 saturated heterocycles. The lowest BCUT2D eigenvalue weighted by molar-refractivity contribution is -0.274. The maximum Gasteiger partial charge on any atom is 0.573 e. The number of hydrogen-bond acceptors (Lipinski definition) is 3. The Morgan fingerprint density at radius 1 is 1.48 bits per heavy atom. The van der Waals surface area contributed by atoms with Gasteiger partial charge in [0.2, 0.25) is 0 Å². The summed E-state index contributed by atoms with van der Waals surface area (Å²) >= 11 is 3.07. The number of benzene rings is 1. The standard InChI is InChI=1S/C13H13BrF3NO3/c1-8-7-18(4-5-20-8)12(19)10-3-2-9(14)6-11(10)21-13(15,16)17/h2-3,6,8H,4-5,7H2,1H3/t8-/m1/s1. The number of ether oxygens (including phenoxy) is 2. The number of amides is 1. The number of rotatable bonds is 2. The van der Waals surface area contributed by atoms with Crippen LogP contribution in [-0.4, -0.2) is 43.0 Å². The maximum absolute atomic E-state index is 12.4. The molecule has 1 aliphatic rings. The summed E-state index contributed by atoms with van der Waals surface area (Å²) in [6.45, 7) is 2.83. The molecule has 1 aromatic carbocycles. The lowest BCUT2D eigenvalue weighted by Gasteiger charge is -2.31. The average molecular weight is 368 g/mol. The van der Waals surface area contributed by atoms with Gasteiger partial charge in [0.25, 0.3) is 5.91 Å². The van der Waals surface area contributed by atoms with Gasteiger partial charge in [-0.15, -0.1) is 13.2 Å². The molecule has 0 unspecified atom stereocenters. The van der Waals surface area contributed by atoms with Crippen LogP contribution in [0.4, 0.5) is 13.2 Å². The van der Waals surface area contributed by atoms with Crippen molar-refractivity contribution in [1.29, 1.82) is 0 Å². The van der Waals surface area contributed by atoms with E-state index in [1.165, 1.54) is 17.0 Å². The zero-order valence-corrected chi connectivity index (χ0v) is 12.7. The van der Waals surface area contributed by atoms with E-state index in [1.54, 1.807) is 6.92 Å². The van der Waals surface area contributed by atoms with E-state index in [4.69, 9.17) is 4.74 Å². The predicted molar refractivity (Wildman–Crippen MR) is 72.1 cm³/mol. The van der Waals surface area contributed by atoms with Crippen LogP contribution < -0.4 is 4.74 Å². The summed E-state index contributed by atoms with van der Waals surface area (Å²) in [5, 5.41) is 0. The molecule has 116 valence electrons. The fourth-order valence-electron chi connectivity index (χ4n) is 2.06. The number of carbonyl (C=O) groups is 1. The number of carbonyl (C=O) groups excluding carboxylic acids is 1. The van der Waals surface area contributed by atoms with Crippen molar-refractivity contribution in [1.82, 2.24) is 4.90 Å². The second-order valence-electron chi connectivity index (χ2n) is 4.62. The molecule has 0 radical (unpaired) electrons. The number of halogens is 4. The van der Waals surface area contributed by atoms with Gasteiger partial charge in [-0.05, 0) is 25.1 Å². The highest BCUT2D eigenvalue weighted by molar-refractivity contribution is 9.10. The summed E-state index contributed by atoms with van der Waals surface area (Å²) in [4.78, 5) is 13.8. The molecular formula is C13H13BrF3NO3. The van der Waals surface area contributed by atoms with E-state index in [9.17, 15) is 18.0 Å². The van der Waals surface area contributed by atoms with Gasteiger partial charge in [0.05, 0.1) is 18.3 Å². The van der Waals surface area contributed by atoms with E-state index < -0.39 is 18.0 Å². The smallest absolute Gasteiger partial charge is 0.405 e. The zero-order valence-electron chi connectivity index (χ0n) is 11.1. The summed E-state index contributed by atoms with van der Waals surface area (Å²) in [7, 11) is 0. The van der Waals surface area contributed by atoms with Gasteiger partial charge in [-0.1, -0.05) is 15.9 Å². The molecule has 0 spiro atoms. The van der Waals surface area contributed by atoms with Crippen LogP contribution in [0, 0.1) is 0 Å². The zero-order chi connectivity index (χ0) is 15.6. The number of alkyl halides is 3. The summed E-state index contributed by atoms with van der Waals surface area (Å²) in [6, 6.07) is 3.94. The first-order valence-electron chi connectivity index (χ1n) is 6.22. The molecule has 1 aromatic rings. The molecule has 1 atom stereocenters. The summed E-state index contributed by atoms with van der Waals surface area (Å²) in [5.74, 6) is -1.02. The molecule has 2 rings (SSSR count). The quantitative estimate of drug-likeness (QED) is 0.805. The third-order valence-electron chi connectivity index (χ3n) is 2.93. The Bertz CT molecular complexity index is 536. The first kappa shape index (κ1) is 16.1. The van der Waals surface area contributed by atoms with Crippen molar-refractivity contribution in [3.05, 3.63) is 28.2 Å². The molecule has 8 heteroatoms. The topological polar surface area (TPSA) is 38.8 Å². The molecule has 1 amide bonds. The van der Waals surface area contributed by atoms with E-state index in [1.807, 2.05) is 0 Å². The monoisotopic (exact) mass is 367 g/mol. The average Bonchev–Trinajstić information content (AvgIpc) is 2.36. The Balaban J connectivity index is 2.27. The number of hydrogen-bond donors (Lipinski definition) is 0. The van der Waals surface area contributed by atoms with Gasteiger partial charge in [0, 0.05) is 17.6 Å². The van der Waals surface area contributed by atoms with Crippen LogP contribution >= 0.6 is 15.9 Å². The molecule has 0 bridgehead atoms. The highest BCUT2D eigenvalue weighted by atomic mass is 79.9. The fraction of sp³-hybridized carbons (Fsp3) is 0.462. The van der Waals surface area contributed by atoms with E-state index in [2.05, 4.69) is 20.7 Å². The Kier molecular flexibility index (Phi) is 4.77. The van der Waals surface area contributed by atoms with Crippen molar-refractivity contribution in [3.63, 3.8) is 0 Å². The molecular weight excluding hydrogens is 355 g/mol. The largest absolute Gasteiger partial charge is 0.573 e. The molecule has 0 aliphatic carbocycles. The highest BCUT2D eigenvalue weighted by Gasteiger charge is 2.34. The normalized spacial score (nSPS) is 19.5. The maximum atomic E-state index is 12.4. The van der Waals surface area contributed by atoms with Crippen LogP contribution in [0.25, 0.3) is 0 Å². The molecule has 1 fully saturated rings. The van der Waals surface area contributed by atoms with Gasteiger partial charge >= 0.3 is 6.36 Å². The molecule has 1 aliphatic heterocycles. The van der Waals surface area contributed by atoms with Crippen molar-refractivity contribution in [3.8, 4) is 5.75 Å². The van der Waals surface area contributed by atoms with Crippen LogP contribution in [0.15, 0.2) is 22.7 Å². The Morgan fingerprint density at radius 3 is 2.81 bits per heavy atom. The Labute approximate surface area is 127 Å². The second-order valence-corrected chi connectivity index (χ2v) is 5.54. The molecule has 0 aromatic heterocycles. The first-order valence-corrected chi connectivity index (χ1v) is 7.02. The van der Waals surface area contributed by atoms with Crippen molar-refractivity contribution in [2.45, 2.75) is 19.4 Å². The lowest BCUT2D eigenvalue weighted by atomic mass is 10.1.